The number of nitrogens with one attached hydrogen (secondary N) is 2. The standard InChI is InChI=1S/C33H38Cl2FN3O3.C25H25Cl2FN2O3.C7H14N2O/c1-31(2)8-10-32(11-9-31)17-22(25(40)15-18-13-19(14-18)29(41)39(3)4)26(21-7-12-37-28(35)27(21)36)33(32)23-6-5-20(34)16-24(23)38-30(33)42;1-23(2)6-8-24(9-7-23)12-15(21(31)32)18(14-5-10-29-20(27)19(14)28)25(24)16-4-3-13(26)11-17(16)30-22(25)33;1-9(2)7(10)5-3-6(8)4-5/h5-7,12,16,18-19,22,26H,8-11,13-15,17H2,1-4H3,(H,38,42);3-5,10-11,15,18H,6-9,12H2,1-2H3,(H,30,33)(H,31,32);5-6H,3-4,8H2,1-2H3/t18?,19?,22-,26-,33+;15-,18+,25-;/m01./s1. The number of nitrogens with two attached hydrogens (primary N) is 1. The molecule has 8 aliphatic rings. The van der Waals surface area contributed by atoms with E-state index in [0.29, 0.717) is 65.5 Å². The number of pyridine rings is 2. The van der Waals surface area contributed by atoms with E-state index in [4.69, 9.17) is 52.1 Å². The number of hydrogen-bond acceptors (Lipinski definition) is 9. The zero-order valence-corrected chi connectivity index (χ0v) is 52.6. The number of ketones is 1. The van der Waals surface area contributed by atoms with Crippen molar-refractivity contribution in [1.82, 2.24) is 19.8 Å². The van der Waals surface area contributed by atoms with Gasteiger partial charge in [0.1, 0.15) is 5.78 Å². The quantitative estimate of drug-likeness (QED) is 0.123. The molecule has 2 aromatic carbocycles. The van der Waals surface area contributed by atoms with Crippen LogP contribution in [0.5, 0.6) is 0 Å². The fourth-order valence-electron chi connectivity index (χ4n) is 16.9. The molecule has 85 heavy (non-hydrogen) atoms. The van der Waals surface area contributed by atoms with Gasteiger partial charge in [-0.05, 0) is 176 Å². The first kappa shape index (κ1) is 62.8. The Labute approximate surface area is 516 Å². The predicted octanol–water partition coefficient (Wildman–Crippen LogP) is 13.2. The summed E-state index contributed by atoms with van der Waals surface area (Å²) < 4.78 is 31.5. The van der Waals surface area contributed by atoms with Gasteiger partial charge >= 0.3 is 5.97 Å². The van der Waals surface area contributed by atoms with Crippen LogP contribution in [0, 0.1) is 62.9 Å². The van der Waals surface area contributed by atoms with E-state index >= 15 is 8.78 Å². The van der Waals surface area contributed by atoms with Crippen LogP contribution in [0.15, 0.2) is 60.9 Å². The number of carboxylic acids is 1. The van der Waals surface area contributed by atoms with Crippen LogP contribution >= 0.6 is 46.4 Å². The van der Waals surface area contributed by atoms with Crippen molar-refractivity contribution in [3.05, 3.63) is 115 Å². The Bertz CT molecular complexity index is 3350. The molecule has 4 amide bonds. The maximum absolute atomic E-state index is 16.0. The first-order valence-electron chi connectivity index (χ1n) is 29.7. The molecule has 0 unspecified atom stereocenters. The molecule has 2 aromatic heterocycles. The molecular formula is C65H77Cl4F2N7O7. The number of fused-ring (bicyclic) bond motifs is 6. The number of Topliss-reactive ketones (excluding diaryl/α,β-unsaturated/α-hetero) is 1. The van der Waals surface area contributed by atoms with Gasteiger partial charge < -0.3 is 31.3 Å². The summed E-state index contributed by atoms with van der Waals surface area (Å²) in [4.78, 5) is 90.2. The number of carboxylic acid groups (broad SMARTS) is 1. The zero-order valence-electron chi connectivity index (χ0n) is 49.5. The molecule has 6 atom stereocenters. The molecule has 6 saturated carbocycles. The molecule has 5 N–H and O–H groups in total. The van der Waals surface area contributed by atoms with Gasteiger partial charge in [0.2, 0.25) is 23.6 Å². The molecule has 6 aliphatic carbocycles. The van der Waals surface area contributed by atoms with Crippen LogP contribution in [-0.2, 0) is 39.6 Å². The molecular weight excluding hydrogens is 1170 g/mol. The van der Waals surface area contributed by atoms with Gasteiger partial charge in [-0.2, -0.15) is 0 Å². The molecule has 14 nitrogen and oxygen atoms in total. The fraction of sp³-hybridized carbons (Fsp3) is 0.569. The number of hydrogen-bond donors (Lipinski definition) is 4. The van der Waals surface area contributed by atoms with Crippen molar-refractivity contribution in [2.75, 3.05) is 38.8 Å². The van der Waals surface area contributed by atoms with Crippen LogP contribution in [-0.4, -0.2) is 94.5 Å². The minimum absolute atomic E-state index is 0.0318. The highest BCUT2D eigenvalue weighted by molar-refractivity contribution is 6.32. The van der Waals surface area contributed by atoms with Crippen molar-refractivity contribution in [3.8, 4) is 0 Å². The van der Waals surface area contributed by atoms with Crippen molar-refractivity contribution < 1.29 is 42.7 Å². The Morgan fingerprint density at radius 3 is 1.39 bits per heavy atom. The van der Waals surface area contributed by atoms with Crippen molar-refractivity contribution in [1.29, 1.82) is 0 Å². The van der Waals surface area contributed by atoms with Gasteiger partial charge in [0, 0.05) is 104 Å². The second-order valence-electron chi connectivity index (χ2n) is 27.8. The Kier molecular flexibility index (Phi) is 17.0. The lowest BCUT2D eigenvalue weighted by Gasteiger charge is -2.51. The lowest BCUT2D eigenvalue weighted by molar-refractivity contribution is -0.142. The number of amides is 4. The van der Waals surface area contributed by atoms with E-state index in [0.717, 1.165) is 56.9 Å². The lowest BCUT2D eigenvalue weighted by Crippen LogP contribution is -2.52. The Hall–Kier alpha value is -5.26. The number of aromatic nitrogens is 2. The van der Waals surface area contributed by atoms with Gasteiger partial charge in [0.25, 0.3) is 0 Å². The van der Waals surface area contributed by atoms with Gasteiger partial charge in [-0.15, -0.1) is 0 Å². The number of carbonyl (C=O) groups is 6. The first-order chi connectivity index (χ1) is 39.9. The van der Waals surface area contributed by atoms with E-state index in [9.17, 15) is 33.9 Å². The third kappa shape index (κ3) is 10.6. The molecule has 456 valence electrons. The molecule has 2 aliphatic heterocycles. The summed E-state index contributed by atoms with van der Waals surface area (Å²) in [6.07, 6.45) is 13.4. The molecule has 0 radical (unpaired) electrons. The minimum Gasteiger partial charge on any atom is -0.481 e. The summed E-state index contributed by atoms with van der Waals surface area (Å²) in [5.41, 5.74) is 5.17. The maximum atomic E-state index is 16.0. The van der Waals surface area contributed by atoms with Crippen LogP contribution in [0.3, 0.4) is 0 Å². The average Bonchev–Trinajstić information content (AvgIpc) is 1.53. The number of rotatable bonds is 8. The van der Waals surface area contributed by atoms with Crippen molar-refractivity contribution in [2.24, 2.45) is 57.0 Å². The van der Waals surface area contributed by atoms with Gasteiger partial charge in [-0.3, -0.25) is 28.8 Å². The fourth-order valence-corrected chi connectivity index (χ4v) is 17.5. The number of carbonyl (C=O) groups excluding carboxylic acids is 5. The highest BCUT2D eigenvalue weighted by Crippen LogP contribution is 2.74. The van der Waals surface area contributed by atoms with E-state index in [1.807, 2.05) is 6.07 Å². The molecule has 12 rings (SSSR count). The summed E-state index contributed by atoms with van der Waals surface area (Å²) >= 11 is 24.9. The minimum atomic E-state index is -1.25. The van der Waals surface area contributed by atoms with Crippen LogP contribution < -0.4 is 16.4 Å². The second-order valence-corrected chi connectivity index (χ2v) is 29.4. The van der Waals surface area contributed by atoms with Gasteiger partial charge in [0.05, 0.1) is 16.7 Å². The summed E-state index contributed by atoms with van der Waals surface area (Å²) in [7, 11) is 7.07. The summed E-state index contributed by atoms with van der Waals surface area (Å²) in [5, 5.41) is 16.8. The molecule has 6 fully saturated rings. The van der Waals surface area contributed by atoms with Crippen molar-refractivity contribution in [2.45, 2.75) is 153 Å². The molecule has 0 saturated heterocycles. The SMILES string of the molecule is CC1(C)CCC2(CC1)C[C@@H](C(=O)O)[C@H](c1ccnc(Cl)c1F)[C@]21C(=O)Nc2cc(Cl)ccc21.CN(C)C(=O)C1CC(CC(=O)[C@@H]2CC3(CCC(C)(C)CC3)[C@@]3(C(=O)Nc4cc(Cl)ccc43)[C@H]2c2ccnc(Cl)c2F)C1.CN(C)C(=O)C1CC(N)C1. The van der Waals surface area contributed by atoms with E-state index in [1.165, 1.54) is 18.5 Å². The first-order valence-corrected chi connectivity index (χ1v) is 31.2. The topological polar surface area (TPSA) is 205 Å². The Balaban J connectivity index is 0.000000166. The van der Waals surface area contributed by atoms with Crippen molar-refractivity contribution >= 4 is 93.2 Å². The highest BCUT2D eigenvalue weighted by atomic mass is 35.5. The third-order valence-corrected chi connectivity index (χ3v) is 22.4. The van der Waals surface area contributed by atoms with Crippen LogP contribution in [0.4, 0.5) is 20.2 Å². The number of aliphatic carboxylic acids is 1. The van der Waals surface area contributed by atoms with Crippen molar-refractivity contribution in [3.63, 3.8) is 0 Å². The van der Waals surface area contributed by atoms with Gasteiger partial charge in [0.15, 0.2) is 21.9 Å². The smallest absolute Gasteiger partial charge is 0.307 e. The normalized spacial score (nSPS) is 30.2. The van der Waals surface area contributed by atoms with Gasteiger partial charge in [-0.1, -0.05) is 86.2 Å². The van der Waals surface area contributed by atoms with E-state index in [2.05, 4.69) is 48.3 Å². The Morgan fingerprint density at radius 1 is 0.612 bits per heavy atom. The number of benzene rings is 2. The molecule has 4 heterocycles. The maximum Gasteiger partial charge on any atom is 0.307 e. The summed E-state index contributed by atoms with van der Waals surface area (Å²) in [5.74, 6) is -5.61. The monoisotopic (exact) mass is 1250 g/mol. The number of halogens is 6. The number of nitrogens with zero attached hydrogens (tertiary/aromatic N) is 4. The summed E-state index contributed by atoms with van der Waals surface area (Å²) in [6, 6.07) is 14.0. The van der Waals surface area contributed by atoms with E-state index in [1.54, 1.807) is 74.4 Å². The lowest BCUT2D eigenvalue weighted by atomic mass is 9.51. The van der Waals surface area contributed by atoms with E-state index < -0.39 is 62.9 Å². The molecule has 4 aromatic rings. The van der Waals surface area contributed by atoms with Crippen LogP contribution in [0.1, 0.15) is 158 Å². The van der Waals surface area contributed by atoms with Crippen LogP contribution in [0.2, 0.25) is 20.4 Å². The molecule has 0 bridgehead atoms. The average molecular weight is 1250 g/mol. The predicted molar refractivity (Wildman–Crippen MR) is 325 cm³/mol. The molecule has 20 heteroatoms. The van der Waals surface area contributed by atoms with Gasteiger partial charge in [-0.25, -0.2) is 18.7 Å². The third-order valence-electron chi connectivity index (χ3n) is 21.4. The largest absolute Gasteiger partial charge is 0.481 e. The highest BCUT2D eigenvalue weighted by Gasteiger charge is 2.74. The van der Waals surface area contributed by atoms with E-state index in [-0.39, 0.29) is 91.9 Å². The van der Waals surface area contributed by atoms with Crippen LogP contribution in [0.25, 0.3) is 0 Å². The zero-order chi connectivity index (χ0) is 61.7. The summed E-state index contributed by atoms with van der Waals surface area (Å²) in [6.45, 7) is 8.87. The Morgan fingerprint density at radius 2 is 1.00 bits per heavy atom. The second kappa shape index (κ2) is 23.0. The number of anilines is 2. The molecule has 4 spiro atoms.